The van der Waals surface area contributed by atoms with Crippen molar-refractivity contribution in [2.24, 2.45) is 11.3 Å². The lowest BCUT2D eigenvalue weighted by atomic mass is 9.87. The fourth-order valence-corrected chi connectivity index (χ4v) is 4.28. The van der Waals surface area contributed by atoms with E-state index in [2.05, 4.69) is 30.9 Å². The fraction of sp³-hybridized carbons (Fsp3) is 1.00. The van der Waals surface area contributed by atoms with Crippen molar-refractivity contribution < 1.29 is 5.11 Å². The van der Waals surface area contributed by atoms with Crippen LogP contribution in [-0.4, -0.2) is 35.3 Å². The van der Waals surface area contributed by atoms with E-state index >= 15 is 0 Å². The zero-order chi connectivity index (χ0) is 11.6. The van der Waals surface area contributed by atoms with Gasteiger partial charge in [-0.3, -0.25) is 0 Å². The largest absolute Gasteiger partial charge is 0.393 e. The highest BCUT2D eigenvalue weighted by Gasteiger charge is 2.30. The number of nitrogens with one attached hydrogen (secondary N) is 1. The van der Waals surface area contributed by atoms with Gasteiger partial charge in [-0.05, 0) is 36.3 Å². The normalized spacial score (nSPS) is 38.8. The van der Waals surface area contributed by atoms with Gasteiger partial charge in [0.1, 0.15) is 0 Å². The summed E-state index contributed by atoms with van der Waals surface area (Å²) in [6.45, 7) is 5.74. The molecule has 1 aliphatic carbocycles. The Bertz CT molecular complexity index is 232. The Morgan fingerprint density at radius 1 is 1.38 bits per heavy atom. The molecule has 2 rings (SSSR count). The average molecular weight is 243 g/mol. The summed E-state index contributed by atoms with van der Waals surface area (Å²) in [6.07, 6.45) is 4.66. The van der Waals surface area contributed by atoms with Crippen molar-refractivity contribution in [2.75, 3.05) is 18.1 Å². The molecular weight excluding hydrogens is 218 g/mol. The highest BCUT2D eigenvalue weighted by Crippen LogP contribution is 2.33. The van der Waals surface area contributed by atoms with Crippen LogP contribution >= 0.6 is 11.8 Å². The summed E-state index contributed by atoms with van der Waals surface area (Å²) in [4.78, 5) is 0. The molecule has 2 nitrogen and oxygen atoms in total. The molecule has 0 radical (unpaired) electrons. The molecule has 94 valence electrons. The highest BCUT2D eigenvalue weighted by molar-refractivity contribution is 7.99. The maximum atomic E-state index is 9.78. The maximum absolute atomic E-state index is 9.78. The Balaban J connectivity index is 1.73. The van der Waals surface area contributed by atoms with E-state index in [4.69, 9.17) is 0 Å². The van der Waals surface area contributed by atoms with Gasteiger partial charge in [-0.2, -0.15) is 11.8 Å². The lowest BCUT2D eigenvalue weighted by molar-refractivity contribution is 0.129. The molecule has 0 aromatic heterocycles. The van der Waals surface area contributed by atoms with Crippen molar-refractivity contribution in [1.82, 2.24) is 5.32 Å². The predicted octanol–water partition coefficient (Wildman–Crippen LogP) is 2.27. The van der Waals surface area contributed by atoms with Gasteiger partial charge in [-0.15, -0.1) is 0 Å². The van der Waals surface area contributed by atoms with E-state index in [1.54, 1.807) is 0 Å². The molecule has 2 aliphatic rings. The van der Waals surface area contributed by atoms with Gasteiger partial charge in [0.05, 0.1) is 6.10 Å². The van der Waals surface area contributed by atoms with Crippen molar-refractivity contribution >= 4 is 11.8 Å². The molecule has 3 heteroatoms. The monoisotopic (exact) mass is 243 g/mol. The van der Waals surface area contributed by atoms with Crippen LogP contribution in [0.1, 0.15) is 39.5 Å². The first kappa shape index (κ1) is 12.7. The number of aliphatic hydroxyl groups is 1. The van der Waals surface area contributed by atoms with Crippen LogP contribution in [0.15, 0.2) is 0 Å². The van der Waals surface area contributed by atoms with Crippen molar-refractivity contribution in [3.05, 3.63) is 0 Å². The lowest BCUT2D eigenvalue weighted by Gasteiger charge is -2.35. The van der Waals surface area contributed by atoms with Crippen LogP contribution in [0.4, 0.5) is 0 Å². The third kappa shape index (κ3) is 3.38. The molecule has 2 N–H and O–H groups in total. The Hall–Kier alpha value is 0.270. The second-order valence-corrected chi connectivity index (χ2v) is 7.28. The van der Waals surface area contributed by atoms with E-state index in [0.29, 0.717) is 17.4 Å². The molecule has 16 heavy (non-hydrogen) atoms. The van der Waals surface area contributed by atoms with Crippen LogP contribution in [0.3, 0.4) is 0 Å². The van der Waals surface area contributed by atoms with Gasteiger partial charge in [-0.25, -0.2) is 0 Å². The second kappa shape index (κ2) is 5.28. The van der Waals surface area contributed by atoms with Gasteiger partial charge >= 0.3 is 0 Å². The first-order valence-corrected chi connectivity index (χ1v) is 7.71. The zero-order valence-corrected chi connectivity index (χ0v) is 11.4. The molecule has 2 fully saturated rings. The molecule has 0 amide bonds. The third-order valence-corrected chi connectivity index (χ3v) is 5.52. The van der Waals surface area contributed by atoms with E-state index in [-0.39, 0.29) is 6.10 Å². The Labute approximate surface area is 104 Å². The van der Waals surface area contributed by atoms with Crippen LogP contribution in [-0.2, 0) is 0 Å². The van der Waals surface area contributed by atoms with E-state index in [0.717, 1.165) is 13.0 Å². The van der Waals surface area contributed by atoms with Gasteiger partial charge in [0.15, 0.2) is 0 Å². The number of thioether (sulfide) groups is 1. The lowest BCUT2D eigenvalue weighted by Crippen LogP contribution is -2.43. The first-order chi connectivity index (χ1) is 7.57. The van der Waals surface area contributed by atoms with Crippen LogP contribution < -0.4 is 5.32 Å². The van der Waals surface area contributed by atoms with E-state index in [1.165, 1.54) is 30.8 Å². The molecule has 1 saturated carbocycles. The second-order valence-electron chi connectivity index (χ2n) is 6.25. The molecule has 1 aliphatic heterocycles. The van der Waals surface area contributed by atoms with Crippen molar-refractivity contribution in [2.45, 2.75) is 51.7 Å². The molecular formula is C13H25NOS. The molecule has 1 saturated heterocycles. The predicted molar refractivity (Wildman–Crippen MR) is 70.9 cm³/mol. The SMILES string of the molecule is CC1(C)CSCC(NCC2CCCC2O)C1. The summed E-state index contributed by atoms with van der Waals surface area (Å²) in [7, 11) is 0. The van der Waals surface area contributed by atoms with E-state index < -0.39 is 0 Å². The molecule has 3 unspecified atom stereocenters. The quantitative estimate of drug-likeness (QED) is 0.797. The molecule has 0 bridgehead atoms. The number of hydrogen-bond acceptors (Lipinski definition) is 3. The zero-order valence-electron chi connectivity index (χ0n) is 10.5. The Kier molecular flexibility index (Phi) is 4.20. The number of hydrogen-bond donors (Lipinski definition) is 2. The summed E-state index contributed by atoms with van der Waals surface area (Å²) in [6, 6.07) is 0.654. The minimum Gasteiger partial charge on any atom is -0.393 e. The van der Waals surface area contributed by atoms with Crippen LogP contribution in [0.25, 0.3) is 0 Å². The fourth-order valence-electron chi connectivity index (χ4n) is 2.97. The molecule has 1 heterocycles. The van der Waals surface area contributed by atoms with E-state index in [1.807, 2.05) is 0 Å². The summed E-state index contributed by atoms with van der Waals surface area (Å²) < 4.78 is 0. The average Bonchev–Trinajstić information content (AvgIpc) is 2.60. The van der Waals surface area contributed by atoms with Crippen molar-refractivity contribution in [3.8, 4) is 0 Å². The summed E-state index contributed by atoms with van der Waals surface area (Å²) >= 11 is 2.07. The smallest absolute Gasteiger partial charge is 0.0580 e. The minimum absolute atomic E-state index is 0.0447. The maximum Gasteiger partial charge on any atom is 0.0580 e. The molecule has 0 aromatic carbocycles. The van der Waals surface area contributed by atoms with Gasteiger partial charge in [0.25, 0.3) is 0 Å². The highest BCUT2D eigenvalue weighted by atomic mass is 32.2. The summed E-state index contributed by atoms with van der Waals surface area (Å²) in [5.41, 5.74) is 0.481. The summed E-state index contributed by atoms with van der Waals surface area (Å²) in [5.74, 6) is 3.04. The van der Waals surface area contributed by atoms with Crippen LogP contribution in [0.2, 0.25) is 0 Å². The van der Waals surface area contributed by atoms with Crippen LogP contribution in [0.5, 0.6) is 0 Å². The molecule has 3 atom stereocenters. The molecule has 0 spiro atoms. The number of rotatable bonds is 3. The Morgan fingerprint density at radius 3 is 2.81 bits per heavy atom. The van der Waals surface area contributed by atoms with Gasteiger partial charge in [0, 0.05) is 18.3 Å². The summed E-state index contributed by atoms with van der Waals surface area (Å²) in [5, 5.41) is 13.4. The van der Waals surface area contributed by atoms with Gasteiger partial charge in [-0.1, -0.05) is 20.3 Å². The minimum atomic E-state index is -0.0447. The van der Waals surface area contributed by atoms with Gasteiger partial charge in [0.2, 0.25) is 0 Å². The standard InChI is InChI=1S/C13H25NOS/c1-13(2)6-11(8-16-9-13)14-7-10-4-3-5-12(10)15/h10-12,14-15H,3-9H2,1-2H3. The first-order valence-electron chi connectivity index (χ1n) is 6.56. The van der Waals surface area contributed by atoms with Gasteiger partial charge < -0.3 is 10.4 Å². The molecule has 0 aromatic rings. The Morgan fingerprint density at radius 2 is 2.19 bits per heavy atom. The van der Waals surface area contributed by atoms with E-state index in [9.17, 15) is 5.11 Å². The van der Waals surface area contributed by atoms with Crippen molar-refractivity contribution in [3.63, 3.8) is 0 Å². The van der Waals surface area contributed by atoms with Crippen molar-refractivity contribution in [1.29, 1.82) is 0 Å². The number of aliphatic hydroxyl groups excluding tert-OH is 1. The topological polar surface area (TPSA) is 32.3 Å². The van der Waals surface area contributed by atoms with Crippen LogP contribution in [0, 0.1) is 11.3 Å². The third-order valence-electron chi connectivity index (χ3n) is 3.90.